The summed E-state index contributed by atoms with van der Waals surface area (Å²) in [5.74, 6) is 0.892. The lowest BCUT2D eigenvalue weighted by atomic mass is 10.0. The van der Waals surface area contributed by atoms with E-state index in [1.54, 1.807) is 7.11 Å². The molecule has 14 heavy (non-hydrogen) atoms. The van der Waals surface area contributed by atoms with Crippen LogP contribution in [0.1, 0.15) is 12.0 Å². The van der Waals surface area contributed by atoms with Gasteiger partial charge in [-0.25, -0.2) is 0 Å². The van der Waals surface area contributed by atoms with Gasteiger partial charge in [0.25, 0.3) is 0 Å². The molecule has 0 amide bonds. The van der Waals surface area contributed by atoms with E-state index in [4.69, 9.17) is 10.5 Å². The molecule has 0 aliphatic rings. The van der Waals surface area contributed by atoms with Gasteiger partial charge in [-0.05, 0) is 37.1 Å². The largest absolute Gasteiger partial charge is 0.497 e. The molecule has 0 spiro atoms. The van der Waals surface area contributed by atoms with Crippen molar-refractivity contribution in [2.24, 2.45) is 5.73 Å². The number of methoxy groups -OCH3 is 1. The molecule has 0 aliphatic carbocycles. The lowest BCUT2D eigenvalue weighted by Gasteiger charge is -2.06. The van der Waals surface area contributed by atoms with Crippen LogP contribution in [0.15, 0.2) is 36.4 Å². The third-order valence-electron chi connectivity index (χ3n) is 2.09. The Morgan fingerprint density at radius 3 is 2.93 bits per heavy atom. The van der Waals surface area contributed by atoms with Crippen molar-refractivity contribution in [3.63, 3.8) is 0 Å². The van der Waals surface area contributed by atoms with Gasteiger partial charge in [0.1, 0.15) is 5.75 Å². The van der Waals surface area contributed by atoms with E-state index in [2.05, 4.69) is 12.6 Å². The highest BCUT2D eigenvalue weighted by Gasteiger charge is 1.98. The Kier molecular flexibility index (Phi) is 4.20. The van der Waals surface area contributed by atoms with Crippen molar-refractivity contribution in [3.05, 3.63) is 42.0 Å². The lowest BCUT2D eigenvalue weighted by molar-refractivity contribution is 0.414. The normalized spacial score (nSPS) is 9.86. The van der Waals surface area contributed by atoms with Gasteiger partial charge in [-0.1, -0.05) is 24.3 Å². The third kappa shape index (κ3) is 3.23. The van der Waals surface area contributed by atoms with Crippen LogP contribution in [0.3, 0.4) is 0 Å². The third-order valence-corrected chi connectivity index (χ3v) is 2.09. The first-order valence-corrected chi connectivity index (χ1v) is 4.76. The second kappa shape index (κ2) is 5.45. The maximum Gasteiger partial charge on any atom is 0.119 e. The Labute approximate surface area is 85.4 Å². The second-order valence-electron chi connectivity index (χ2n) is 3.32. The molecule has 2 N–H and O–H groups in total. The van der Waals surface area contributed by atoms with Crippen molar-refractivity contribution in [2.45, 2.75) is 12.8 Å². The average molecular weight is 191 g/mol. The van der Waals surface area contributed by atoms with Crippen LogP contribution < -0.4 is 10.5 Å². The predicted octanol–water partition coefficient (Wildman–Crippen LogP) is 2.14. The van der Waals surface area contributed by atoms with Crippen molar-refractivity contribution in [3.8, 4) is 5.75 Å². The Morgan fingerprint density at radius 2 is 2.29 bits per heavy atom. The molecule has 76 valence electrons. The number of ether oxygens (including phenoxy) is 1. The fourth-order valence-corrected chi connectivity index (χ4v) is 1.36. The van der Waals surface area contributed by atoms with Crippen LogP contribution >= 0.6 is 0 Å². The minimum absolute atomic E-state index is 0.669. The first kappa shape index (κ1) is 10.8. The molecule has 1 aromatic rings. The summed E-state index contributed by atoms with van der Waals surface area (Å²) in [5, 5.41) is 0. The summed E-state index contributed by atoms with van der Waals surface area (Å²) in [6.45, 7) is 4.64. The number of hydrogen-bond acceptors (Lipinski definition) is 2. The van der Waals surface area contributed by atoms with Gasteiger partial charge in [-0.2, -0.15) is 0 Å². The van der Waals surface area contributed by atoms with Crippen LogP contribution in [0, 0.1) is 0 Å². The van der Waals surface area contributed by atoms with Gasteiger partial charge >= 0.3 is 0 Å². The molecule has 0 bridgehead atoms. The molecule has 0 aromatic heterocycles. The van der Waals surface area contributed by atoms with Crippen LogP contribution in [0.2, 0.25) is 0 Å². The Bertz CT molecular complexity index is 307. The predicted molar refractivity (Wildman–Crippen MR) is 59.5 cm³/mol. The van der Waals surface area contributed by atoms with Crippen molar-refractivity contribution < 1.29 is 4.74 Å². The quantitative estimate of drug-likeness (QED) is 0.724. The van der Waals surface area contributed by atoms with Gasteiger partial charge in [0.15, 0.2) is 0 Å². The highest BCUT2D eigenvalue weighted by Crippen LogP contribution is 2.15. The highest BCUT2D eigenvalue weighted by molar-refractivity contribution is 5.30. The van der Waals surface area contributed by atoms with E-state index in [1.165, 1.54) is 11.1 Å². The van der Waals surface area contributed by atoms with Crippen LogP contribution in [0.4, 0.5) is 0 Å². The molecule has 1 rings (SSSR count). The van der Waals surface area contributed by atoms with Crippen LogP contribution in [0.25, 0.3) is 0 Å². The molecule has 0 radical (unpaired) electrons. The van der Waals surface area contributed by atoms with Crippen LogP contribution in [0.5, 0.6) is 5.75 Å². The van der Waals surface area contributed by atoms with Gasteiger partial charge < -0.3 is 10.5 Å². The highest BCUT2D eigenvalue weighted by atomic mass is 16.5. The van der Waals surface area contributed by atoms with E-state index < -0.39 is 0 Å². The standard InChI is InChI=1S/C12H17NO/c1-10(6-7-13)8-11-4-3-5-12(9-11)14-2/h3-5,9H,1,6-8,13H2,2H3. The minimum Gasteiger partial charge on any atom is -0.497 e. The van der Waals surface area contributed by atoms with Gasteiger partial charge in [0, 0.05) is 0 Å². The first-order valence-electron chi connectivity index (χ1n) is 4.76. The number of benzene rings is 1. The zero-order valence-corrected chi connectivity index (χ0v) is 8.62. The number of hydrogen-bond donors (Lipinski definition) is 1. The molecule has 0 unspecified atom stereocenters. The number of rotatable bonds is 5. The summed E-state index contributed by atoms with van der Waals surface area (Å²) in [6.07, 6.45) is 1.77. The molecule has 0 aliphatic heterocycles. The molecule has 2 heteroatoms. The molecular formula is C12H17NO. The molecule has 0 fully saturated rings. The van der Waals surface area contributed by atoms with E-state index in [0.29, 0.717) is 6.54 Å². The van der Waals surface area contributed by atoms with Crippen molar-refractivity contribution in [2.75, 3.05) is 13.7 Å². The lowest BCUT2D eigenvalue weighted by Crippen LogP contribution is -2.01. The smallest absolute Gasteiger partial charge is 0.119 e. The summed E-state index contributed by atoms with van der Waals surface area (Å²) >= 11 is 0. The Balaban J connectivity index is 2.62. The van der Waals surface area contributed by atoms with Crippen LogP contribution in [-0.2, 0) is 6.42 Å². The minimum atomic E-state index is 0.669. The van der Waals surface area contributed by atoms with Gasteiger partial charge in [0.2, 0.25) is 0 Å². The first-order chi connectivity index (χ1) is 6.76. The molecule has 1 aromatic carbocycles. The van der Waals surface area contributed by atoms with E-state index in [9.17, 15) is 0 Å². The van der Waals surface area contributed by atoms with Crippen molar-refractivity contribution in [1.82, 2.24) is 0 Å². The maximum absolute atomic E-state index is 5.45. The van der Waals surface area contributed by atoms with Gasteiger partial charge in [0.05, 0.1) is 7.11 Å². The summed E-state index contributed by atoms with van der Waals surface area (Å²) < 4.78 is 5.14. The van der Waals surface area contributed by atoms with E-state index in [-0.39, 0.29) is 0 Å². The fraction of sp³-hybridized carbons (Fsp3) is 0.333. The molecule has 0 saturated heterocycles. The zero-order valence-electron chi connectivity index (χ0n) is 8.62. The fourth-order valence-electron chi connectivity index (χ4n) is 1.36. The maximum atomic E-state index is 5.45. The topological polar surface area (TPSA) is 35.2 Å². The van der Waals surface area contributed by atoms with E-state index >= 15 is 0 Å². The molecular weight excluding hydrogens is 174 g/mol. The molecule has 0 atom stereocenters. The molecule has 2 nitrogen and oxygen atoms in total. The summed E-state index contributed by atoms with van der Waals surface area (Å²) in [6, 6.07) is 8.03. The second-order valence-corrected chi connectivity index (χ2v) is 3.32. The Hall–Kier alpha value is -1.28. The molecule has 0 heterocycles. The number of nitrogens with two attached hydrogens (primary N) is 1. The zero-order chi connectivity index (χ0) is 10.4. The Morgan fingerprint density at radius 1 is 1.50 bits per heavy atom. The summed E-state index contributed by atoms with van der Waals surface area (Å²) in [5.41, 5.74) is 7.85. The van der Waals surface area contributed by atoms with E-state index in [1.807, 2.05) is 18.2 Å². The summed E-state index contributed by atoms with van der Waals surface area (Å²) in [4.78, 5) is 0. The van der Waals surface area contributed by atoms with E-state index in [0.717, 1.165) is 18.6 Å². The van der Waals surface area contributed by atoms with Gasteiger partial charge in [-0.3, -0.25) is 0 Å². The monoisotopic (exact) mass is 191 g/mol. The van der Waals surface area contributed by atoms with Crippen molar-refractivity contribution >= 4 is 0 Å². The average Bonchev–Trinajstić information content (AvgIpc) is 2.18. The molecule has 0 saturated carbocycles. The summed E-state index contributed by atoms with van der Waals surface area (Å²) in [7, 11) is 1.67. The van der Waals surface area contributed by atoms with Crippen molar-refractivity contribution in [1.29, 1.82) is 0 Å². The SMILES string of the molecule is C=C(CCN)Cc1cccc(OC)c1. The van der Waals surface area contributed by atoms with Crippen LogP contribution in [-0.4, -0.2) is 13.7 Å². The van der Waals surface area contributed by atoms with Gasteiger partial charge in [-0.15, -0.1) is 0 Å².